The lowest BCUT2D eigenvalue weighted by Gasteiger charge is -2.05. The van der Waals surface area contributed by atoms with E-state index in [1.807, 2.05) is 41.8 Å². The molecular formula is C14H15NO2S2. The molecule has 0 saturated heterocycles. The molecule has 1 aromatic heterocycles. The summed E-state index contributed by atoms with van der Waals surface area (Å²) < 4.78 is 1.15. The Morgan fingerprint density at radius 3 is 2.68 bits per heavy atom. The van der Waals surface area contributed by atoms with Crippen LogP contribution in [0.4, 0.5) is 5.69 Å². The highest BCUT2D eigenvalue weighted by atomic mass is 32.2. The van der Waals surface area contributed by atoms with Crippen LogP contribution in [0.1, 0.15) is 5.56 Å². The van der Waals surface area contributed by atoms with Crippen molar-refractivity contribution in [3.63, 3.8) is 0 Å². The summed E-state index contributed by atoms with van der Waals surface area (Å²) in [6, 6.07) is 11.5. The van der Waals surface area contributed by atoms with Gasteiger partial charge in [0.05, 0.1) is 9.96 Å². The Morgan fingerprint density at radius 1 is 1.26 bits per heavy atom. The Kier molecular flexibility index (Phi) is 5.44. The van der Waals surface area contributed by atoms with Gasteiger partial charge >= 0.3 is 0 Å². The molecule has 2 N–H and O–H groups in total. The minimum Gasteiger partial charge on any atom is -0.396 e. The standard InChI is InChI=1S/C14H15NO2S2/c16-8-7-11-3-5-12(6-4-11)15-13(17)10-19-14-2-1-9-18-14/h1-6,9,16H,7-8,10H2,(H,15,17). The Morgan fingerprint density at radius 2 is 2.05 bits per heavy atom. The highest BCUT2D eigenvalue weighted by Gasteiger charge is 2.04. The Balaban J connectivity index is 1.81. The molecule has 3 nitrogen and oxygen atoms in total. The third-order valence-corrected chi connectivity index (χ3v) is 4.61. The molecule has 1 amide bonds. The van der Waals surface area contributed by atoms with Gasteiger partial charge in [-0.05, 0) is 35.6 Å². The topological polar surface area (TPSA) is 49.3 Å². The number of thiophene rings is 1. The molecule has 0 aliphatic rings. The van der Waals surface area contributed by atoms with Crippen molar-refractivity contribution in [2.45, 2.75) is 10.6 Å². The maximum atomic E-state index is 11.8. The number of anilines is 1. The maximum Gasteiger partial charge on any atom is 0.234 e. The predicted octanol–water partition coefficient (Wildman–Crippen LogP) is 3.01. The van der Waals surface area contributed by atoms with Gasteiger partial charge in [-0.3, -0.25) is 4.79 Å². The summed E-state index contributed by atoms with van der Waals surface area (Å²) >= 11 is 3.18. The van der Waals surface area contributed by atoms with E-state index in [0.717, 1.165) is 15.5 Å². The summed E-state index contributed by atoms with van der Waals surface area (Å²) in [6.45, 7) is 0.142. The SMILES string of the molecule is O=C(CSc1cccs1)Nc1ccc(CCO)cc1. The van der Waals surface area contributed by atoms with Crippen molar-refractivity contribution in [3.05, 3.63) is 47.3 Å². The van der Waals surface area contributed by atoms with Gasteiger partial charge in [0.15, 0.2) is 0 Å². The zero-order valence-electron chi connectivity index (χ0n) is 10.3. The van der Waals surface area contributed by atoms with E-state index in [2.05, 4.69) is 5.32 Å². The van der Waals surface area contributed by atoms with Gasteiger partial charge < -0.3 is 10.4 Å². The van der Waals surface area contributed by atoms with E-state index in [4.69, 9.17) is 5.11 Å². The van der Waals surface area contributed by atoms with Crippen LogP contribution in [0.2, 0.25) is 0 Å². The van der Waals surface area contributed by atoms with E-state index in [-0.39, 0.29) is 12.5 Å². The van der Waals surface area contributed by atoms with E-state index in [1.54, 1.807) is 11.3 Å². The van der Waals surface area contributed by atoms with Crippen LogP contribution in [0.25, 0.3) is 0 Å². The predicted molar refractivity (Wildman–Crippen MR) is 80.9 cm³/mol. The Bertz CT molecular complexity index is 509. The fourth-order valence-electron chi connectivity index (χ4n) is 1.56. The van der Waals surface area contributed by atoms with Gasteiger partial charge in [0, 0.05) is 12.3 Å². The van der Waals surface area contributed by atoms with Gasteiger partial charge in [-0.2, -0.15) is 0 Å². The van der Waals surface area contributed by atoms with Crippen LogP contribution < -0.4 is 5.32 Å². The average molecular weight is 293 g/mol. The first kappa shape index (κ1) is 14.1. The molecular weight excluding hydrogens is 278 g/mol. The van der Waals surface area contributed by atoms with Crippen LogP contribution in [-0.4, -0.2) is 23.4 Å². The molecule has 19 heavy (non-hydrogen) atoms. The average Bonchev–Trinajstić information content (AvgIpc) is 2.92. The molecule has 5 heteroatoms. The van der Waals surface area contributed by atoms with E-state index >= 15 is 0 Å². The molecule has 1 heterocycles. The van der Waals surface area contributed by atoms with Gasteiger partial charge in [-0.1, -0.05) is 18.2 Å². The van der Waals surface area contributed by atoms with Crippen LogP contribution in [0.3, 0.4) is 0 Å². The van der Waals surface area contributed by atoms with E-state index in [1.165, 1.54) is 11.8 Å². The van der Waals surface area contributed by atoms with Crippen molar-refractivity contribution < 1.29 is 9.90 Å². The number of aliphatic hydroxyl groups excluding tert-OH is 1. The number of nitrogens with one attached hydrogen (secondary N) is 1. The van der Waals surface area contributed by atoms with E-state index in [9.17, 15) is 4.79 Å². The molecule has 0 unspecified atom stereocenters. The fourth-order valence-corrected chi connectivity index (χ4v) is 3.15. The minimum absolute atomic E-state index is 0.00620. The second kappa shape index (κ2) is 7.33. The number of thioether (sulfide) groups is 1. The van der Waals surface area contributed by atoms with Crippen molar-refractivity contribution >= 4 is 34.7 Å². The third-order valence-electron chi connectivity index (χ3n) is 2.48. The monoisotopic (exact) mass is 293 g/mol. The van der Waals surface area contributed by atoms with Gasteiger partial charge in [-0.15, -0.1) is 23.1 Å². The first-order valence-electron chi connectivity index (χ1n) is 5.94. The molecule has 1 aromatic carbocycles. The molecule has 0 fully saturated rings. The largest absolute Gasteiger partial charge is 0.396 e. The van der Waals surface area contributed by atoms with Crippen molar-refractivity contribution in [3.8, 4) is 0 Å². The van der Waals surface area contributed by atoms with Crippen molar-refractivity contribution in [1.82, 2.24) is 0 Å². The van der Waals surface area contributed by atoms with E-state index in [0.29, 0.717) is 12.2 Å². The second-order valence-electron chi connectivity index (χ2n) is 3.94. The molecule has 0 aliphatic carbocycles. The quantitative estimate of drug-likeness (QED) is 0.805. The highest BCUT2D eigenvalue weighted by molar-refractivity contribution is 8.01. The van der Waals surface area contributed by atoms with Gasteiger partial charge in [-0.25, -0.2) is 0 Å². The number of aliphatic hydroxyl groups is 1. The number of rotatable bonds is 6. The van der Waals surface area contributed by atoms with Gasteiger partial charge in [0.2, 0.25) is 5.91 Å². The number of carbonyl (C=O) groups is 1. The zero-order valence-corrected chi connectivity index (χ0v) is 12.0. The zero-order chi connectivity index (χ0) is 13.5. The lowest BCUT2D eigenvalue weighted by molar-refractivity contribution is -0.113. The lowest BCUT2D eigenvalue weighted by atomic mass is 10.1. The third kappa shape index (κ3) is 4.70. The summed E-state index contributed by atoms with van der Waals surface area (Å²) in [5.41, 5.74) is 1.85. The minimum atomic E-state index is -0.00620. The number of hydrogen-bond donors (Lipinski definition) is 2. The molecule has 0 spiro atoms. The van der Waals surface area contributed by atoms with Crippen LogP contribution in [0, 0.1) is 0 Å². The number of carbonyl (C=O) groups excluding carboxylic acids is 1. The smallest absolute Gasteiger partial charge is 0.234 e. The molecule has 2 aromatic rings. The fraction of sp³-hybridized carbons (Fsp3) is 0.214. The Labute approximate surface area is 120 Å². The first-order chi connectivity index (χ1) is 9.28. The molecule has 0 atom stereocenters. The summed E-state index contributed by atoms with van der Waals surface area (Å²) in [6.07, 6.45) is 0.641. The van der Waals surface area contributed by atoms with E-state index < -0.39 is 0 Å². The normalized spacial score (nSPS) is 10.4. The van der Waals surface area contributed by atoms with Gasteiger partial charge in [0.25, 0.3) is 0 Å². The number of benzene rings is 1. The molecule has 0 aliphatic heterocycles. The maximum absolute atomic E-state index is 11.8. The van der Waals surface area contributed by atoms with Crippen molar-refractivity contribution in [2.24, 2.45) is 0 Å². The molecule has 2 rings (SSSR count). The lowest BCUT2D eigenvalue weighted by Crippen LogP contribution is -2.13. The van der Waals surface area contributed by atoms with Crippen LogP contribution >= 0.6 is 23.1 Å². The summed E-state index contributed by atoms with van der Waals surface area (Å²) in [5, 5.41) is 13.7. The Hall–Kier alpha value is -1.30. The summed E-state index contributed by atoms with van der Waals surface area (Å²) in [4.78, 5) is 11.8. The van der Waals surface area contributed by atoms with Crippen molar-refractivity contribution in [1.29, 1.82) is 0 Å². The number of hydrogen-bond acceptors (Lipinski definition) is 4. The first-order valence-corrected chi connectivity index (χ1v) is 7.80. The molecule has 100 valence electrons. The van der Waals surface area contributed by atoms with Crippen LogP contribution in [-0.2, 0) is 11.2 Å². The second-order valence-corrected chi connectivity index (χ2v) is 6.16. The summed E-state index contributed by atoms with van der Waals surface area (Å²) in [5.74, 6) is 0.409. The summed E-state index contributed by atoms with van der Waals surface area (Å²) in [7, 11) is 0. The molecule has 0 bridgehead atoms. The van der Waals surface area contributed by atoms with Gasteiger partial charge in [0.1, 0.15) is 0 Å². The van der Waals surface area contributed by atoms with Crippen molar-refractivity contribution in [2.75, 3.05) is 17.7 Å². The van der Waals surface area contributed by atoms with Crippen LogP contribution in [0.5, 0.6) is 0 Å². The van der Waals surface area contributed by atoms with Crippen LogP contribution in [0.15, 0.2) is 46.0 Å². The number of amides is 1. The highest BCUT2D eigenvalue weighted by Crippen LogP contribution is 2.23. The molecule has 0 radical (unpaired) electrons. The molecule has 0 saturated carbocycles.